The Bertz CT molecular complexity index is 528. The Kier molecular flexibility index (Phi) is 5.37. The van der Waals surface area contributed by atoms with E-state index in [0.29, 0.717) is 26.1 Å². The summed E-state index contributed by atoms with van der Waals surface area (Å²) < 4.78 is 6.98. The van der Waals surface area contributed by atoms with E-state index in [4.69, 9.17) is 4.74 Å². The van der Waals surface area contributed by atoms with Crippen molar-refractivity contribution in [3.05, 3.63) is 12.4 Å². The summed E-state index contributed by atoms with van der Waals surface area (Å²) in [4.78, 5) is 25.7. The highest BCUT2D eigenvalue weighted by molar-refractivity contribution is 6.00. The van der Waals surface area contributed by atoms with E-state index in [0.717, 1.165) is 5.69 Å². The van der Waals surface area contributed by atoms with Gasteiger partial charge in [-0.3, -0.25) is 9.48 Å². The third kappa shape index (κ3) is 4.20. The summed E-state index contributed by atoms with van der Waals surface area (Å²) in [7, 11) is 1.80. The Labute approximate surface area is 129 Å². The number of carbonyl (C=O) groups excluding carboxylic acids is 2. The summed E-state index contributed by atoms with van der Waals surface area (Å²) >= 11 is 0. The highest BCUT2D eigenvalue weighted by Gasteiger charge is 2.34. The SMILES string of the molecule is CC(C)OCCNC(=O)N[C@@H]1CCN(c2cnn(C)c2)C1=O. The number of urea groups is 1. The lowest BCUT2D eigenvalue weighted by Gasteiger charge is -2.15. The van der Waals surface area contributed by atoms with Crippen molar-refractivity contribution in [1.29, 1.82) is 0 Å². The molecule has 1 aliphatic rings. The molecular formula is C14H23N5O3. The number of aryl methyl sites for hydroxylation is 1. The standard InChI is InChI=1S/C14H23N5O3/c1-10(2)22-7-5-15-14(21)17-12-4-6-19(13(12)20)11-8-16-18(3)9-11/h8-10,12H,4-7H2,1-3H3,(H2,15,17,21)/t12-/m1/s1. The number of rotatable bonds is 6. The molecule has 3 amide bonds. The number of amides is 3. The maximum absolute atomic E-state index is 12.3. The summed E-state index contributed by atoms with van der Waals surface area (Å²) in [5.41, 5.74) is 0.752. The third-order valence-corrected chi connectivity index (χ3v) is 3.35. The van der Waals surface area contributed by atoms with Crippen LogP contribution < -0.4 is 15.5 Å². The van der Waals surface area contributed by atoms with Gasteiger partial charge in [0.25, 0.3) is 0 Å². The molecule has 0 radical (unpaired) electrons. The van der Waals surface area contributed by atoms with Gasteiger partial charge in [0.1, 0.15) is 6.04 Å². The highest BCUT2D eigenvalue weighted by Crippen LogP contribution is 2.20. The molecule has 0 spiro atoms. The Hall–Kier alpha value is -2.09. The molecule has 22 heavy (non-hydrogen) atoms. The molecule has 122 valence electrons. The summed E-state index contributed by atoms with van der Waals surface area (Å²) in [6, 6.07) is -0.843. The quantitative estimate of drug-likeness (QED) is 0.737. The third-order valence-electron chi connectivity index (χ3n) is 3.35. The largest absolute Gasteiger partial charge is 0.377 e. The number of carbonyl (C=O) groups is 2. The lowest BCUT2D eigenvalue weighted by Crippen LogP contribution is -2.46. The van der Waals surface area contributed by atoms with E-state index >= 15 is 0 Å². The van der Waals surface area contributed by atoms with Gasteiger partial charge in [-0.25, -0.2) is 4.79 Å². The minimum Gasteiger partial charge on any atom is -0.377 e. The predicted octanol–water partition coefficient (Wildman–Crippen LogP) is 0.250. The van der Waals surface area contributed by atoms with Crippen LogP contribution in [0.3, 0.4) is 0 Å². The maximum atomic E-state index is 12.3. The van der Waals surface area contributed by atoms with E-state index in [2.05, 4.69) is 15.7 Å². The van der Waals surface area contributed by atoms with E-state index in [1.165, 1.54) is 0 Å². The van der Waals surface area contributed by atoms with Crippen LogP contribution in [-0.4, -0.2) is 53.6 Å². The molecule has 0 unspecified atom stereocenters. The Balaban J connectivity index is 1.77. The van der Waals surface area contributed by atoms with E-state index in [1.807, 2.05) is 13.8 Å². The number of ether oxygens (including phenoxy) is 1. The lowest BCUT2D eigenvalue weighted by molar-refractivity contribution is -0.118. The number of hydrogen-bond donors (Lipinski definition) is 2. The van der Waals surface area contributed by atoms with Crippen LogP contribution in [0.4, 0.5) is 10.5 Å². The van der Waals surface area contributed by atoms with Crippen molar-refractivity contribution < 1.29 is 14.3 Å². The number of anilines is 1. The van der Waals surface area contributed by atoms with Gasteiger partial charge in [0.05, 0.1) is 24.6 Å². The number of hydrogen-bond acceptors (Lipinski definition) is 4. The average Bonchev–Trinajstić information content (AvgIpc) is 3.02. The van der Waals surface area contributed by atoms with Gasteiger partial charge in [-0.15, -0.1) is 0 Å². The maximum Gasteiger partial charge on any atom is 0.315 e. The molecule has 1 aliphatic heterocycles. The van der Waals surface area contributed by atoms with Gasteiger partial charge in [0, 0.05) is 26.3 Å². The van der Waals surface area contributed by atoms with Crippen molar-refractivity contribution >= 4 is 17.6 Å². The van der Waals surface area contributed by atoms with Crippen molar-refractivity contribution in [3.8, 4) is 0 Å². The lowest BCUT2D eigenvalue weighted by atomic mass is 10.2. The Morgan fingerprint density at radius 3 is 2.95 bits per heavy atom. The van der Waals surface area contributed by atoms with Gasteiger partial charge in [-0.1, -0.05) is 0 Å². The van der Waals surface area contributed by atoms with Gasteiger partial charge in [0.15, 0.2) is 0 Å². The minimum atomic E-state index is -0.494. The fraction of sp³-hybridized carbons (Fsp3) is 0.643. The van der Waals surface area contributed by atoms with Crippen LogP contribution in [0.1, 0.15) is 20.3 Å². The van der Waals surface area contributed by atoms with Crippen LogP contribution in [0.2, 0.25) is 0 Å². The molecule has 0 aromatic carbocycles. The molecular weight excluding hydrogens is 286 g/mol. The monoisotopic (exact) mass is 309 g/mol. The molecule has 0 saturated carbocycles. The zero-order valence-electron chi connectivity index (χ0n) is 13.2. The molecule has 2 N–H and O–H groups in total. The molecule has 1 saturated heterocycles. The second kappa shape index (κ2) is 7.26. The van der Waals surface area contributed by atoms with E-state index < -0.39 is 6.04 Å². The first-order chi connectivity index (χ1) is 10.5. The van der Waals surface area contributed by atoms with E-state index in [1.54, 1.807) is 29.0 Å². The summed E-state index contributed by atoms with van der Waals surface area (Å²) in [6.07, 6.45) is 4.14. The molecule has 0 aliphatic carbocycles. The van der Waals surface area contributed by atoms with Gasteiger partial charge < -0.3 is 20.3 Å². The zero-order chi connectivity index (χ0) is 16.1. The summed E-state index contributed by atoms with van der Waals surface area (Å²) in [5, 5.41) is 9.44. The molecule has 0 bridgehead atoms. The van der Waals surface area contributed by atoms with Crippen LogP contribution in [0, 0.1) is 0 Å². The zero-order valence-corrected chi connectivity index (χ0v) is 13.2. The van der Waals surface area contributed by atoms with Gasteiger partial charge in [-0.05, 0) is 20.3 Å². The van der Waals surface area contributed by atoms with Gasteiger partial charge >= 0.3 is 6.03 Å². The van der Waals surface area contributed by atoms with E-state index in [9.17, 15) is 9.59 Å². The van der Waals surface area contributed by atoms with Gasteiger partial charge in [-0.2, -0.15) is 5.10 Å². The topological polar surface area (TPSA) is 88.5 Å². The smallest absolute Gasteiger partial charge is 0.315 e. The first-order valence-corrected chi connectivity index (χ1v) is 7.43. The minimum absolute atomic E-state index is 0.110. The molecule has 1 aromatic rings. The van der Waals surface area contributed by atoms with Crippen molar-refractivity contribution in [2.45, 2.75) is 32.4 Å². The first-order valence-electron chi connectivity index (χ1n) is 7.43. The van der Waals surface area contributed by atoms with Crippen LogP contribution in [-0.2, 0) is 16.6 Å². The van der Waals surface area contributed by atoms with Crippen LogP contribution in [0.5, 0.6) is 0 Å². The fourth-order valence-electron chi connectivity index (χ4n) is 2.29. The first kappa shape index (κ1) is 16.3. The number of nitrogens with zero attached hydrogens (tertiary/aromatic N) is 3. The molecule has 1 aromatic heterocycles. The van der Waals surface area contributed by atoms with Crippen molar-refractivity contribution in [2.75, 3.05) is 24.6 Å². The number of aromatic nitrogens is 2. The molecule has 2 rings (SSSR count). The van der Waals surface area contributed by atoms with Crippen LogP contribution in [0.25, 0.3) is 0 Å². The second-order valence-electron chi connectivity index (χ2n) is 5.52. The van der Waals surface area contributed by atoms with Crippen LogP contribution >= 0.6 is 0 Å². The molecule has 1 atom stereocenters. The molecule has 8 nitrogen and oxygen atoms in total. The average molecular weight is 309 g/mol. The normalized spacial score (nSPS) is 18.1. The van der Waals surface area contributed by atoms with Crippen molar-refractivity contribution in [3.63, 3.8) is 0 Å². The summed E-state index contributed by atoms with van der Waals surface area (Å²) in [6.45, 7) is 5.31. The van der Waals surface area contributed by atoms with Gasteiger partial charge in [0.2, 0.25) is 5.91 Å². The second-order valence-corrected chi connectivity index (χ2v) is 5.52. The highest BCUT2D eigenvalue weighted by atomic mass is 16.5. The molecule has 8 heteroatoms. The Morgan fingerprint density at radius 1 is 1.55 bits per heavy atom. The Morgan fingerprint density at radius 2 is 2.32 bits per heavy atom. The molecule has 2 heterocycles. The number of nitrogens with one attached hydrogen (secondary N) is 2. The summed E-state index contributed by atoms with van der Waals surface area (Å²) in [5.74, 6) is -0.110. The van der Waals surface area contributed by atoms with Crippen molar-refractivity contribution in [1.82, 2.24) is 20.4 Å². The molecule has 1 fully saturated rings. The van der Waals surface area contributed by atoms with Crippen molar-refractivity contribution in [2.24, 2.45) is 7.05 Å². The predicted molar refractivity (Wildman–Crippen MR) is 81.6 cm³/mol. The fourth-order valence-corrected chi connectivity index (χ4v) is 2.29. The van der Waals surface area contributed by atoms with Crippen LogP contribution in [0.15, 0.2) is 12.4 Å². The van der Waals surface area contributed by atoms with E-state index in [-0.39, 0.29) is 18.0 Å².